The molecule has 0 heterocycles. The molecule has 0 atom stereocenters. The first-order valence-electron chi connectivity index (χ1n) is 8.06. The minimum Gasteiger partial charge on any atom is -0.497 e. The maximum absolute atomic E-state index is 11.9. The molecule has 0 saturated heterocycles. The first-order valence-corrected chi connectivity index (χ1v) is 8.06. The van der Waals surface area contributed by atoms with Gasteiger partial charge in [-0.3, -0.25) is 4.79 Å². The summed E-state index contributed by atoms with van der Waals surface area (Å²) < 4.78 is 15.5. The summed E-state index contributed by atoms with van der Waals surface area (Å²) in [6, 6.07) is 15.0. The molecule has 0 bridgehead atoms. The quantitative estimate of drug-likeness (QED) is 0.648. The molecule has 0 aliphatic rings. The second-order valence-electron chi connectivity index (χ2n) is 5.34. The number of methoxy groups -OCH3 is 2. The van der Waals surface area contributed by atoms with Crippen molar-refractivity contribution in [1.29, 1.82) is 0 Å². The van der Waals surface area contributed by atoms with Gasteiger partial charge in [-0.25, -0.2) is 0 Å². The van der Waals surface area contributed by atoms with Gasteiger partial charge < -0.3 is 24.8 Å². The lowest BCUT2D eigenvalue weighted by Gasteiger charge is -2.10. The normalized spacial score (nSPS) is 10.2. The Labute approximate surface area is 148 Å². The highest BCUT2D eigenvalue weighted by Crippen LogP contribution is 2.15. The van der Waals surface area contributed by atoms with Gasteiger partial charge in [-0.05, 0) is 42.0 Å². The number of amides is 1. The number of hydrogen-bond donors (Lipinski definition) is 2. The number of carbonyl (C=O) groups is 1. The SMILES string of the molecule is COCCOc1ccc(NCC(=O)NCc2ccc(OC)cc2)cc1. The van der Waals surface area contributed by atoms with E-state index in [9.17, 15) is 4.79 Å². The van der Waals surface area contributed by atoms with Crippen LogP contribution in [0.1, 0.15) is 5.56 Å². The van der Waals surface area contributed by atoms with Crippen LogP contribution in [0.3, 0.4) is 0 Å². The second-order valence-corrected chi connectivity index (χ2v) is 5.34. The standard InChI is InChI=1S/C19H24N2O4/c1-23-11-12-25-18-9-5-16(6-10-18)20-14-19(22)21-13-15-3-7-17(24-2)8-4-15/h3-10,20H,11-14H2,1-2H3,(H,21,22). The summed E-state index contributed by atoms with van der Waals surface area (Å²) in [6.45, 7) is 1.75. The molecule has 0 spiro atoms. The molecule has 0 fully saturated rings. The van der Waals surface area contributed by atoms with E-state index < -0.39 is 0 Å². The molecule has 0 aromatic heterocycles. The van der Waals surface area contributed by atoms with E-state index in [-0.39, 0.29) is 12.5 Å². The largest absolute Gasteiger partial charge is 0.497 e. The summed E-state index contributed by atoms with van der Waals surface area (Å²) in [5, 5.41) is 5.95. The summed E-state index contributed by atoms with van der Waals surface area (Å²) in [6.07, 6.45) is 0. The van der Waals surface area contributed by atoms with Crippen LogP contribution in [0.4, 0.5) is 5.69 Å². The van der Waals surface area contributed by atoms with E-state index in [4.69, 9.17) is 14.2 Å². The third-order valence-electron chi connectivity index (χ3n) is 3.51. The van der Waals surface area contributed by atoms with Gasteiger partial charge in [-0.15, -0.1) is 0 Å². The third kappa shape index (κ3) is 6.73. The minimum atomic E-state index is -0.0729. The van der Waals surface area contributed by atoms with Gasteiger partial charge in [0.15, 0.2) is 0 Å². The Balaban J connectivity index is 1.70. The lowest BCUT2D eigenvalue weighted by molar-refractivity contribution is -0.119. The van der Waals surface area contributed by atoms with E-state index in [2.05, 4.69) is 10.6 Å². The number of nitrogens with one attached hydrogen (secondary N) is 2. The molecule has 0 aliphatic heterocycles. The molecule has 0 radical (unpaired) electrons. The molecule has 0 aliphatic carbocycles. The van der Waals surface area contributed by atoms with Crippen LogP contribution in [0.25, 0.3) is 0 Å². The van der Waals surface area contributed by atoms with Crippen LogP contribution in [-0.2, 0) is 16.1 Å². The van der Waals surface area contributed by atoms with Crippen molar-refractivity contribution in [1.82, 2.24) is 5.32 Å². The zero-order chi connectivity index (χ0) is 17.9. The molecule has 6 nitrogen and oxygen atoms in total. The molecule has 2 aromatic carbocycles. The first kappa shape index (κ1) is 18.6. The van der Waals surface area contributed by atoms with E-state index in [0.717, 1.165) is 22.7 Å². The molecule has 6 heteroatoms. The van der Waals surface area contributed by atoms with Gasteiger partial charge in [0.25, 0.3) is 0 Å². The Morgan fingerprint density at radius 2 is 1.60 bits per heavy atom. The average molecular weight is 344 g/mol. The number of anilines is 1. The Kier molecular flexibility index (Phi) is 7.59. The predicted octanol–water partition coefficient (Wildman–Crippen LogP) is 2.45. The molecule has 2 aromatic rings. The van der Waals surface area contributed by atoms with Crippen molar-refractivity contribution in [2.45, 2.75) is 6.54 Å². The lowest BCUT2D eigenvalue weighted by Crippen LogP contribution is -2.29. The van der Waals surface area contributed by atoms with Gasteiger partial charge >= 0.3 is 0 Å². The highest BCUT2D eigenvalue weighted by molar-refractivity contribution is 5.80. The van der Waals surface area contributed by atoms with Crippen LogP contribution in [-0.4, -0.2) is 39.9 Å². The van der Waals surface area contributed by atoms with Crippen LogP contribution in [0.2, 0.25) is 0 Å². The Bertz CT molecular complexity index is 641. The number of carbonyl (C=O) groups excluding carboxylic acids is 1. The molecule has 0 unspecified atom stereocenters. The fourth-order valence-electron chi connectivity index (χ4n) is 2.10. The maximum atomic E-state index is 11.9. The predicted molar refractivity (Wildman–Crippen MR) is 97.1 cm³/mol. The van der Waals surface area contributed by atoms with E-state index in [1.807, 2.05) is 48.5 Å². The monoisotopic (exact) mass is 344 g/mol. The van der Waals surface area contributed by atoms with Crippen molar-refractivity contribution in [2.24, 2.45) is 0 Å². The third-order valence-corrected chi connectivity index (χ3v) is 3.51. The summed E-state index contributed by atoms with van der Waals surface area (Å²) in [5.74, 6) is 1.49. The molecule has 2 N–H and O–H groups in total. The van der Waals surface area contributed by atoms with Gasteiger partial charge in [-0.2, -0.15) is 0 Å². The van der Waals surface area contributed by atoms with Crippen LogP contribution >= 0.6 is 0 Å². The molecule has 25 heavy (non-hydrogen) atoms. The lowest BCUT2D eigenvalue weighted by atomic mass is 10.2. The summed E-state index contributed by atoms with van der Waals surface area (Å²) >= 11 is 0. The van der Waals surface area contributed by atoms with Gasteiger partial charge in [0.1, 0.15) is 18.1 Å². The molecular weight excluding hydrogens is 320 g/mol. The van der Waals surface area contributed by atoms with Crippen molar-refractivity contribution < 1.29 is 19.0 Å². The fourth-order valence-corrected chi connectivity index (χ4v) is 2.10. The van der Waals surface area contributed by atoms with Crippen LogP contribution in [0.15, 0.2) is 48.5 Å². The van der Waals surface area contributed by atoms with Crippen molar-refractivity contribution >= 4 is 11.6 Å². The Morgan fingerprint density at radius 1 is 0.920 bits per heavy atom. The number of hydrogen-bond acceptors (Lipinski definition) is 5. The van der Waals surface area contributed by atoms with E-state index in [1.165, 1.54) is 0 Å². The minimum absolute atomic E-state index is 0.0729. The van der Waals surface area contributed by atoms with Gasteiger partial charge in [-0.1, -0.05) is 12.1 Å². The molecule has 0 saturated carbocycles. The van der Waals surface area contributed by atoms with Crippen molar-refractivity contribution in [3.63, 3.8) is 0 Å². The second kappa shape index (κ2) is 10.2. The maximum Gasteiger partial charge on any atom is 0.239 e. The van der Waals surface area contributed by atoms with Crippen molar-refractivity contribution in [3.05, 3.63) is 54.1 Å². The van der Waals surface area contributed by atoms with Gasteiger partial charge in [0.05, 0.1) is 20.3 Å². The van der Waals surface area contributed by atoms with Crippen molar-refractivity contribution in [3.8, 4) is 11.5 Å². The van der Waals surface area contributed by atoms with E-state index in [0.29, 0.717) is 19.8 Å². The number of ether oxygens (including phenoxy) is 3. The van der Waals surface area contributed by atoms with Crippen LogP contribution in [0.5, 0.6) is 11.5 Å². The highest BCUT2D eigenvalue weighted by Gasteiger charge is 2.02. The smallest absolute Gasteiger partial charge is 0.239 e. The van der Waals surface area contributed by atoms with Gasteiger partial charge in [0, 0.05) is 19.3 Å². The van der Waals surface area contributed by atoms with E-state index in [1.54, 1.807) is 14.2 Å². The molecule has 134 valence electrons. The van der Waals surface area contributed by atoms with Crippen LogP contribution in [0, 0.1) is 0 Å². The van der Waals surface area contributed by atoms with Crippen LogP contribution < -0.4 is 20.1 Å². The zero-order valence-electron chi connectivity index (χ0n) is 14.6. The molecular formula is C19H24N2O4. The molecule has 1 amide bonds. The summed E-state index contributed by atoms with van der Waals surface area (Å²) in [4.78, 5) is 11.9. The summed E-state index contributed by atoms with van der Waals surface area (Å²) in [5.41, 5.74) is 1.88. The fraction of sp³-hybridized carbons (Fsp3) is 0.316. The topological polar surface area (TPSA) is 68.8 Å². The first-order chi connectivity index (χ1) is 12.2. The highest BCUT2D eigenvalue weighted by atomic mass is 16.5. The molecule has 2 rings (SSSR count). The number of benzene rings is 2. The Hall–Kier alpha value is -2.73. The average Bonchev–Trinajstić information content (AvgIpc) is 2.66. The number of rotatable bonds is 10. The van der Waals surface area contributed by atoms with E-state index >= 15 is 0 Å². The Morgan fingerprint density at radius 3 is 2.24 bits per heavy atom. The zero-order valence-corrected chi connectivity index (χ0v) is 14.6. The van der Waals surface area contributed by atoms with Crippen molar-refractivity contribution in [2.75, 3.05) is 39.3 Å². The summed E-state index contributed by atoms with van der Waals surface area (Å²) in [7, 11) is 3.26. The van der Waals surface area contributed by atoms with Gasteiger partial charge in [0.2, 0.25) is 5.91 Å².